The number of hydroxylamine groups is 1. The number of nitrogens with zero attached hydrogens (tertiary/aromatic N) is 3. The van der Waals surface area contributed by atoms with Gasteiger partial charge in [0.15, 0.2) is 11.1 Å². The smallest absolute Gasteiger partial charge is 0.258 e. The van der Waals surface area contributed by atoms with Crippen LogP contribution in [0.5, 0.6) is 0 Å². The summed E-state index contributed by atoms with van der Waals surface area (Å²) in [5.74, 6) is 0.704. The fourth-order valence-electron chi connectivity index (χ4n) is 2.45. The minimum absolute atomic E-state index is 0.420. The Morgan fingerprint density at radius 1 is 1.40 bits per heavy atom. The molecule has 0 aromatic carbocycles. The van der Waals surface area contributed by atoms with Gasteiger partial charge in [0.25, 0.3) is 5.54 Å². The Bertz CT molecular complexity index is 294. The molecule has 1 aliphatic carbocycles. The Labute approximate surface area is 88.2 Å². The zero-order valence-electron chi connectivity index (χ0n) is 8.65. The van der Waals surface area contributed by atoms with Gasteiger partial charge in [0.05, 0.1) is 6.54 Å². The SMILES string of the molecule is [O-]/[N+](=N/O)C1(C2=NCCN2)CCCCC1. The number of aliphatic imine (C=N–C) groups is 1. The van der Waals surface area contributed by atoms with E-state index in [-0.39, 0.29) is 0 Å². The highest BCUT2D eigenvalue weighted by Gasteiger charge is 2.48. The highest BCUT2D eigenvalue weighted by Crippen LogP contribution is 2.32. The lowest BCUT2D eigenvalue weighted by molar-refractivity contribution is -0.617. The van der Waals surface area contributed by atoms with Crippen molar-refractivity contribution < 1.29 is 10.1 Å². The number of hydrogen-bond donors (Lipinski definition) is 2. The lowest BCUT2D eigenvalue weighted by atomic mass is 9.81. The highest BCUT2D eigenvalue weighted by molar-refractivity contribution is 5.91. The molecular formula is C9H16N4O2. The second-order valence-corrected chi connectivity index (χ2v) is 4.11. The van der Waals surface area contributed by atoms with Crippen LogP contribution >= 0.6 is 0 Å². The summed E-state index contributed by atoms with van der Waals surface area (Å²) in [6.45, 7) is 1.48. The monoisotopic (exact) mass is 212 g/mol. The van der Waals surface area contributed by atoms with E-state index in [1.54, 1.807) is 0 Å². The number of amidine groups is 1. The molecule has 0 aromatic heterocycles. The van der Waals surface area contributed by atoms with Gasteiger partial charge < -0.3 is 15.7 Å². The van der Waals surface area contributed by atoms with Crippen molar-refractivity contribution in [3.05, 3.63) is 5.21 Å². The second-order valence-electron chi connectivity index (χ2n) is 4.11. The molecule has 0 unspecified atom stereocenters. The maximum Gasteiger partial charge on any atom is 0.258 e. The summed E-state index contributed by atoms with van der Waals surface area (Å²) < 4.78 is 0. The molecule has 0 atom stereocenters. The summed E-state index contributed by atoms with van der Waals surface area (Å²) in [6.07, 6.45) is 4.52. The average Bonchev–Trinajstić information content (AvgIpc) is 2.83. The summed E-state index contributed by atoms with van der Waals surface area (Å²) in [5, 5.41) is 26.2. The van der Waals surface area contributed by atoms with Gasteiger partial charge in [0.2, 0.25) is 0 Å². The molecule has 1 heterocycles. The predicted molar refractivity (Wildman–Crippen MR) is 54.0 cm³/mol. The summed E-state index contributed by atoms with van der Waals surface area (Å²) in [7, 11) is 0. The van der Waals surface area contributed by atoms with Crippen LogP contribution in [0.1, 0.15) is 32.1 Å². The molecule has 0 aromatic rings. The molecule has 0 spiro atoms. The first-order chi connectivity index (χ1) is 7.29. The second kappa shape index (κ2) is 4.04. The molecule has 1 fully saturated rings. The van der Waals surface area contributed by atoms with Gasteiger partial charge >= 0.3 is 0 Å². The minimum atomic E-state index is -0.733. The minimum Gasteiger partial charge on any atom is -0.597 e. The standard InChI is InChI=1S/C9H16N4O2/c14-12-13(15)9(4-2-1-3-5-9)8-10-6-7-11-8/h14H,1-7H2,(H,10,11)/b13-12+. The Kier molecular flexibility index (Phi) is 2.75. The van der Waals surface area contributed by atoms with Crippen molar-refractivity contribution in [1.29, 1.82) is 0 Å². The third kappa shape index (κ3) is 1.64. The van der Waals surface area contributed by atoms with Gasteiger partial charge in [-0.25, -0.2) is 0 Å². The maximum atomic E-state index is 11.7. The first kappa shape index (κ1) is 10.2. The van der Waals surface area contributed by atoms with Gasteiger partial charge in [-0.1, -0.05) is 6.42 Å². The number of rotatable bonds is 2. The summed E-state index contributed by atoms with van der Waals surface area (Å²) in [4.78, 5) is 4.71. The Morgan fingerprint density at radius 3 is 2.67 bits per heavy atom. The molecule has 1 saturated carbocycles. The molecule has 0 amide bonds. The Hall–Kier alpha value is -1.33. The number of nitrogens with one attached hydrogen (secondary N) is 1. The van der Waals surface area contributed by atoms with E-state index >= 15 is 0 Å². The van der Waals surface area contributed by atoms with Crippen LogP contribution in [0.3, 0.4) is 0 Å². The van der Waals surface area contributed by atoms with Gasteiger partial charge in [0.1, 0.15) is 0 Å². The molecule has 1 aliphatic heterocycles. The van der Waals surface area contributed by atoms with Crippen LogP contribution < -0.4 is 5.32 Å². The summed E-state index contributed by atoms with van der Waals surface area (Å²) in [6, 6.07) is 0. The third-order valence-corrected chi connectivity index (χ3v) is 3.24. The van der Waals surface area contributed by atoms with E-state index in [1.807, 2.05) is 0 Å². The van der Waals surface area contributed by atoms with Crippen LogP contribution in [0, 0.1) is 5.21 Å². The molecule has 84 valence electrons. The summed E-state index contributed by atoms with van der Waals surface area (Å²) in [5.41, 5.74) is -0.733. The Balaban J connectivity index is 2.28. The van der Waals surface area contributed by atoms with Crippen LogP contribution in [-0.4, -0.2) is 34.5 Å². The quantitative estimate of drug-likeness (QED) is 0.407. The van der Waals surface area contributed by atoms with Crippen molar-refractivity contribution in [2.45, 2.75) is 37.6 Å². The van der Waals surface area contributed by atoms with E-state index in [0.29, 0.717) is 30.1 Å². The topological polar surface area (TPSA) is 83.0 Å². The lowest BCUT2D eigenvalue weighted by Gasteiger charge is -2.31. The Morgan fingerprint density at radius 2 is 2.13 bits per heavy atom. The molecular weight excluding hydrogens is 196 g/mol. The number of hydrogen-bond acceptors (Lipinski definition) is 4. The zero-order valence-corrected chi connectivity index (χ0v) is 8.65. The van der Waals surface area contributed by atoms with E-state index in [1.165, 1.54) is 0 Å². The van der Waals surface area contributed by atoms with Crippen LogP contribution in [0.4, 0.5) is 0 Å². The molecule has 15 heavy (non-hydrogen) atoms. The predicted octanol–water partition coefficient (Wildman–Crippen LogP) is 1.04. The van der Waals surface area contributed by atoms with E-state index in [4.69, 9.17) is 5.21 Å². The molecule has 6 heteroatoms. The van der Waals surface area contributed by atoms with Gasteiger partial charge in [-0.05, 0) is 17.7 Å². The van der Waals surface area contributed by atoms with Crippen LogP contribution in [0.15, 0.2) is 10.3 Å². The zero-order chi connectivity index (χ0) is 10.7. The lowest BCUT2D eigenvalue weighted by Crippen LogP contribution is -2.52. The molecule has 0 saturated heterocycles. The van der Waals surface area contributed by atoms with Crippen molar-refractivity contribution in [1.82, 2.24) is 5.32 Å². The van der Waals surface area contributed by atoms with Crippen molar-refractivity contribution in [2.75, 3.05) is 13.1 Å². The van der Waals surface area contributed by atoms with Crippen molar-refractivity contribution in [3.63, 3.8) is 0 Å². The van der Waals surface area contributed by atoms with E-state index in [0.717, 1.165) is 25.8 Å². The molecule has 6 nitrogen and oxygen atoms in total. The van der Waals surface area contributed by atoms with Gasteiger partial charge in [-0.2, -0.15) is 0 Å². The van der Waals surface area contributed by atoms with Crippen molar-refractivity contribution in [2.24, 2.45) is 10.3 Å². The van der Waals surface area contributed by atoms with E-state index in [2.05, 4.69) is 15.6 Å². The average molecular weight is 212 g/mol. The maximum absolute atomic E-state index is 11.7. The van der Waals surface area contributed by atoms with Gasteiger partial charge in [-0.3, -0.25) is 4.99 Å². The van der Waals surface area contributed by atoms with Crippen LogP contribution in [0.2, 0.25) is 0 Å². The molecule has 2 rings (SSSR count). The van der Waals surface area contributed by atoms with Crippen LogP contribution in [0.25, 0.3) is 0 Å². The molecule has 0 bridgehead atoms. The van der Waals surface area contributed by atoms with Gasteiger partial charge in [0, 0.05) is 19.4 Å². The van der Waals surface area contributed by atoms with E-state index in [9.17, 15) is 5.21 Å². The molecule has 2 N–H and O–H groups in total. The van der Waals surface area contributed by atoms with Gasteiger partial charge in [-0.15, -0.1) is 0 Å². The highest BCUT2D eigenvalue weighted by atomic mass is 16.6. The molecule has 0 radical (unpaired) electrons. The first-order valence-corrected chi connectivity index (χ1v) is 5.41. The molecule has 2 aliphatic rings. The fraction of sp³-hybridized carbons (Fsp3) is 0.889. The normalized spacial score (nSPS) is 25.9. The first-order valence-electron chi connectivity index (χ1n) is 5.41. The van der Waals surface area contributed by atoms with Crippen LogP contribution in [-0.2, 0) is 0 Å². The van der Waals surface area contributed by atoms with E-state index < -0.39 is 5.54 Å². The largest absolute Gasteiger partial charge is 0.597 e. The van der Waals surface area contributed by atoms with Crippen molar-refractivity contribution in [3.8, 4) is 0 Å². The fourth-order valence-corrected chi connectivity index (χ4v) is 2.45. The van der Waals surface area contributed by atoms with Crippen molar-refractivity contribution >= 4 is 5.84 Å². The third-order valence-electron chi connectivity index (χ3n) is 3.24. The summed E-state index contributed by atoms with van der Waals surface area (Å²) >= 11 is 0.